The maximum absolute atomic E-state index is 12.9. The van der Waals surface area contributed by atoms with Crippen molar-refractivity contribution >= 4 is 17.9 Å². The Bertz CT molecular complexity index is 1150. The highest BCUT2D eigenvalue weighted by Crippen LogP contribution is 2.17. The van der Waals surface area contributed by atoms with Crippen molar-refractivity contribution in [3.8, 4) is 0 Å². The maximum Gasteiger partial charge on any atom is 0.306 e. The molecule has 0 bridgehead atoms. The standard InChI is InChI=1S/C65H122O6/c1-4-7-10-13-16-19-22-25-28-30-32-34-37-40-43-46-49-52-55-58-64(67)70-61-62(60-69-63(66)57-54-51-48-45-42-39-36-27-24-21-18-15-12-9-6-3)71-65(68)59-56-53-50-47-44-41-38-35-33-31-29-26-23-20-17-14-11-8-5-2/h21,24-25,28,62H,4-20,22-23,26-27,29-61H2,1-3H3/b24-21-,28-25-/t62-/m0/s1. The first-order chi connectivity index (χ1) is 35.0. The first-order valence-corrected chi connectivity index (χ1v) is 31.8. The molecule has 0 aliphatic carbocycles. The summed E-state index contributed by atoms with van der Waals surface area (Å²) in [7, 11) is 0. The highest BCUT2D eigenvalue weighted by atomic mass is 16.6. The second-order valence-electron chi connectivity index (χ2n) is 21.7. The maximum atomic E-state index is 12.9. The molecule has 6 heteroatoms. The smallest absolute Gasteiger partial charge is 0.306 e. The van der Waals surface area contributed by atoms with Crippen molar-refractivity contribution in [3.05, 3.63) is 24.3 Å². The van der Waals surface area contributed by atoms with Crippen molar-refractivity contribution in [2.75, 3.05) is 13.2 Å². The van der Waals surface area contributed by atoms with E-state index in [1.54, 1.807) is 0 Å². The van der Waals surface area contributed by atoms with Crippen LogP contribution in [0.15, 0.2) is 24.3 Å². The summed E-state index contributed by atoms with van der Waals surface area (Å²) >= 11 is 0. The summed E-state index contributed by atoms with van der Waals surface area (Å²) in [5.41, 5.74) is 0. The predicted molar refractivity (Wildman–Crippen MR) is 307 cm³/mol. The number of carbonyl (C=O) groups is 3. The van der Waals surface area contributed by atoms with Crippen molar-refractivity contribution in [2.24, 2.45) is 0 Å². The summed E-state index contributed by atoms with van der Waals surface area (Å²) in [6.07, 6.45) is 71.8. The Morgan fingerprint density at radius 2 is 0.465 bits per heavy atom. The molecule has 0 fully saturated rings. The lowest BCUT2D eigenvalue weighted by molar-refractivity contribution is -0.167. The van der Waals surface area contributed by atoms with Crippen LogP contribution in [0, 0.1) is 0 Å². The zero-order valence-electron chi connectivity index (χ0n) is 48.0. The normalized spacial score (nSPS) is 12.1. The summed E-state index contributed by atoms with van der Waals surface area (Å²) in [5.74, 6) is -0.849. The van der Waals surface area contributed by atoms with Crippen LogP contribution in [0.1, 0.15) is 355 Å². The third-order valence-electron chi connectivity index (χ3n) is 14.4. The van der Waals surface area contributed by atoms with Gasteiger partial charge in [0.05, 0.1) is 0 Å². The van der Waals surface area contributed by atoms with Gasteiger partial charge in [0.1, 0.15) is 13.2 Å². The minimum Gasteiger partial charge on any atom is -0.462 e. The molecule has 0 aromatic heterocycles. The second-order valence-corrected chi connectivity index (χ2v) is 21.7. The van der Waals surface area contributed by atoms with Crippen molar-refractivity contribution in [2.45, 2.75) is 361 Å². The van der Waals surface area contributed by atoms with Crippen LogP contribution in [0.4, 0.5) is 0 Å². The van der Waals surface area contributed by atoms with Crippen LogP contribution in [0.25, 0.3) is 0 Å². The molecule has 0 N–H and O–H groups in total. The number of allylic oxidation sites excluding steroid dienone is 4. The lowest BCUT2D eigenvalue weighted by Gasteiger charge is -2.18. The number of unbranched alkanes of at least 4 members (excludes halogenated alkanes) is 44. The number of esters is 3. The zero-order chi connectivity index (χ0) is 51.4. The van der Waals surface area contributed by atoms with E-state index in [0.29, 0.717) is 19.3 Å². The van der Waals surface area contributed by atoms with Gasteiger partial charge >= 0.3 is 17.9 Å². The van der Waals surface area contributed by atoms with Gasteiger partial charge < -0.3 is 14.2 Å². The van der Waals surface area contributed by atoms with Crippen molar-refractivity contribution in [1.29, 1.82) is 0 Å². The van der Waals surface area contributed by atoms with Gasteiger partial charge in [0, 0.05) is 19.3 Å². The van der Waals surface area contributed by atoms with Gasteiger partial charge in [0.25, 0.3) is 0 Å². The Morgan fingerprint density at radius 3 is 0.718 bits per heavy atom. The molecule has 0 aromatic rings. The van der Waals surface area contributed by atoms with Crippen molar-refractivity contribution in [1.82, 2.24) is 0 Å². The molecule has 0 radical (unpaired) electrons. The van der Waals surface area contributed by atoms with Gasteiger partial charge in [0.15, 0.2) is 6.10 Å². The molecule has 0 saturated carbocycles. The minimum absolute atomic E-state index is 0.0687. The summed E-state index contributed by atoms with van der Waals surface area (Å²) in [6.45, 7) is 6.69. The Hall–Kier alpha value is -2.11. The third-order valence-corrected chi connectivity index (χ3v) is 14.4. The molecule has 0 saturated heterocycles. The predicted octanol–water partition coefficient (Wildman–Crippen LogP) is 21.4. The van der Waals surface area contributed by atoms with E-state index in [2.05, 4.69) is 45.1 Å². The molecule has 0 heterocycles. The lowest BCUT2D eigenvalue weighted by atomic mass is 10.0. The van der Waals surface area contributed by atoms with Crippen LogP contribution in [0.2, 0.25) is 0 Å². The average Bonchev–Trinajstić information content (AvgIpc) is 3.37. The van der Waals surface area contributed by atoms with Crippen molar-refractivity contribution < 1.29 is 28.6 Å². The van der Waals surface area contributed by atoms with Gasteiger partial charge in [0.2, 0.25) is 0 Å². The van der Waals surface area contributed by atoms with Crippen LogP contribution in [-0.4, -0.2) is 37.2 Å². The first kappa shape index (κ1) is 68.9. The molecule has 0 unspecified atom stereocenters. The number of hydrogen-bond donors (Lipinski definition) is 0. The van der Waals surface area contributed by atoms with Crippen LogP contribution < -0.4 is 0 Å². The number of hydrogen-bond acceptors (Lipinski definition) is 6. The Morgan fingerprint density at radius 1 is 0.268 bits per heavy atom. The average molecular weight is 1000 g/mol. The molecule has 0 spiro atoms. The van der Waals surface area contributed by atoms with Gasteiger partial charge in [-0.2, -0.15) is 0 Å². The molecule has 418 valence electrons. The van der Waals surface area contributed by atoms with Crippen LogP contribution >= 0.6 is 0 Å². The highest BCUT2D eigenvalue weighted by molar-refractivity contribution is 5.71. The lowest BCUT2D eigenvalue weighted by Crippen LogP contribution is -2.30. The molecule has 0 aliphatic heterocycles. The molecule has 71 heavy (non-hydrogen) atoms. The quantitative estimate of drug-likeness (QED) is 0.0261. The van der Waals surface area contributed by atoms with Crippen molar-refractivity contribution in [3.63, 3.8) is 0 Å². The largest absolute Gasteiger partial charge is 0.462 e. The van der Waals surface area contributed by atoms with Crippen LogP contribution in [0.5, 0.6) is 0 Å². The fraction of sp³-hybridized carbons (Fsp3) is 0.892. The summed E-state index contributed by atoms with van der Waals surface area (Å²) in [6, 6.07) is 0. The van der Waals surface area contributed by atoms with Gasteiger partial charge in [-0.3, -0.25) is 14.4 Å². The molecule has 0 aromatic carbocycles. The minimum atomic E-state index is -0.771. The summed E-state index contributed by atoms with van der Waals surface area (Å²) in [5, 5.41) is 0. The summed E-state index contributed by atoms with van der Waals surface area (Å²) in [4.78, 5) is 38.3. The van der Waals surface area contributed by atoms with E-state index in [1.165, 1.54) is 257 Å². The number of rotatable bonds is 59. The van der Waals surface area contributed by atoms with Gasteiger partial charge in [-0.1, -0.05) is 289 Å². The van der Waals surface area contributed by atoms with E-state index < -0.39 is 6.10 Å². The van der Waals surface area contributed by atoms with Crippen LogP contribution in [0.3, 0.4) is 0 Å². The molecule has 0 rings (SSSR count). The van der Waals surface area contributed by atoms with Gasteiger partial charge in [-0.15, -0.1) is 0 Å². The van der Waals surface area contributed by atoms with E-state index >= 15 is 0 Å². The number of ether oxygens (including phenoxy) is 3. The highest BCUT2D eigenvalue weighted by Gasteiger charge is 2.19. The fourth-order valence-corrected chi connectivity index (χ4v) is 9.61. The van der Waals surface area contributed by atoms with E-state index in [4.69, 9.17) is 14.2 Å². The third kappa shape index (κ3) is 58.7. The van der Waals surface area contributed by atoms with Crippen LogP contribution in [-0.2, 0) is 28.6 Å². The summed E-state index contributed by atoms with van der Waals surface area (Å²) < 4.78 is 16.9. The molecular formula is C65H122O6. The van der Waals surface area contributed by atoms with Gasteiger partial charge in [-0.25, -0.2) is 0 Å². The SMILES string of the molecule is CCCCCC/C=C\CCCCCCCCCC(=O)OC[C@@H](COC(=O)CCCCCCCCCCC/C=C\CCCCCCCC)OC(=O)CCCCCCCCCCCCCCCCCCCCC. The Kier molecular flexibility index (Phi) is 58.6. The number of carbonyl (C=O) groups excluding carboxylic acids is 3. The fourth-order valence-electron chi connectivity index (χ4n) is 9.61. The second kappa shape index (κ2) is 60.4. The molecule has 1 atom stereocenters. The van der Waals surface area contributed by atoms with E-state index in [1.807, 2.05) is 0 Å². The van der Waals surface area contributed by atoms with E-state index in [-0.39, 0.29) is 31.1 Å². The molecule has 0 amide bonds. The first-order valence-electron chi connectivity index (χ1n) is 31.8. The monoisotopic (exact) mass is 999 g/mol. The zero-order valence-corrected chi connectivity index (χ0v) is 48.0. The van der Waals surface area contributed by atoms with E-state index in [0.717, 1.165) is 57.8 Å². The molecule has 6 nitrogen and oxygen atoms in total. The molecular weight excluding hydrogens is 877 g/mol. The topological polar surface area (TPSA) is 78.9 Å². The van der Waals surface area contributed by atoms with E-state index in [9.17, 15) is 14.4 Å². The van der Waals surface area contributed by atoms with Gasteiger partial charge in [-0.05, 0) is 70.6 Å². The molecule has 0 aliphatic rings. The Labute approximate surface area is 443 Å². The Balaban J connectivity index is 4.31.